The number of hydrogen-bond acceptors (Lipinski definition) is 7. The van der Waals surface area contributed by atoms with Crippen LogP contribution in [0.15, 0.2) is 67.1 Å². The van der Waals surface area contributed by atoms with Crippen molar-refractivity contribution in [2.45, 2.75) is 6.61 Å². The van der Waals surface area contributed by atoms with Crippen molar-refractivity contribution in [1.82, 2.24) is 15.0 Å². The molecule has 4 aromatic rings. The molecule has 0 saturated carbocycles. The van der Waals surface area contributed by atoms with Crippen LogP contribution in [-0.2, 0) is 6.61 Å². The third-order valence-electron chi connectivity index (χ3n) is 4.13. The highest BCUT2D eigenvalue weighted by Crippen LogP contribution is 2.31. The topological polar surface area (TPSA) is 103 Å². The zero-order valence-corrected chi connectivity index (χ0v) is 16.9. The molecule has 2 heterocycles. The number of nitro benzene ring substituents is 1. The van der Waals surface area contributed by atoms with Gasteiger partial charge in [-0.25, -0.2) is 9.97 Å². The molecular formula is C20H15Cl2N5O3. The third-order valence-corrected chi connectivity index (χ3v) is 4.42. The van der Waals surface area contributed by atoms with Gasteiger partial charge in [-0.1, -0.05) is 17.7 Å². The number of non-ortho nitro benzene ring substituents is 1. The van der Waals surface area contributed by atoms with Gasteiger partial charge in [0.2, 0.25) is 0 Å². The summed E-state index contributed by atoms with van der Waals surface area (Å²) in [5.41, 5.74) is 2.01. The Morgan fingerprint density at radius 1 is 1.07 bits per heavy atom. The number of rotatable bonds is 6. The highest BCUT2D eigenvalue weighted by atomic mass is 35.5. The smallest absolute Gasteiger partial charge is 0.270 e. The van der Waals surface area contributed by atoms with E-state index in [-0.39, 0.29) is 18.1 Å². The number of halogens is 2. The van der Waals surface area contributed by atoms with Gasteiger partial charge < -0.3 is 10.1 Å². The maximum absolute atomic E-state index is 11.1. The van der Waals surface area contributed by atoms with E-state index in [2.05, 4.69) is 20.3 Å². The van der Waals surface area contributed by atoms with Gasteiger partial charge in [-0.2, -0.15) is 0 Å². The molecule has 0 unspecified atom stereocenters. The molecule has 0 amide bonds. The van der Waals surface area contributed by atoms with Crippen molar-refractivity contribution >= 4 is 52.1 Å². The Morgan fingerprint density at radius 3 is 2.67 bits per heavy atom. The van der Waals surface area contributed by atoms with E-state index in [1.807, 2.05) is 18.2 Å². The molecule has 0 atom stereocenters. The SMILES string of the molecule is Cl.O=[N+]([O-])c1ccc2ncnc(Nc3ccc(OCc4ccccn4)c(Cl)c3)c2c1. The number of nitrogens with one attached hydrogen (secondary N) is 1. The summed E-state index contributed by atoms with van der Waals surface area (Å²) in [7, 11) is 0. The monoisotopic (exact) mass is 443 g/mol. The van der Waals surface area contributed by atoms with Gasteiger partial charge in [0.1, 0.15) is 24.5 Å². The molecule has 4 rings (SSSR count). The number of ether oxygens (including phenoxy) is 1. The van der Waals surface area contributed by atoms with E-state index in [1.54, 1.807) is 30.5 Å². The van der Waals surface area contributed by atoms with E-state index in [0.717, 1.165) is 5.69 Å². The number of nitro groups is 1. The number of aromatic nitrogens is 3. The third kappa shape index (κ3) is 4.73. The van der Waals surface area contributed by atoms with Crippen molar-refractivity contribution < 1.29 is 9.66 Å². The van der Waals surface area contributed by atoms with Crippen molar-refractivity contribution in [2.24, 2.45) is 0 Å². The van der Waals surface area contributed by atoms with E-state index < -0.39 is 4.92 Å². The number of nitrogens with zero attached hydrogens (tertiary/aromatic N) is 4. The molecule has 1 N–H and O–H groups in total. The summed E-state index contributed by atoms with van der Waals surface area (Å²) in [6.45, 7) is 0.299. The van der Waals surface area contributed by atoms with Crippen LogP contribution in [0, 0.1) is 10.1 Å². The second-order valence-corrected chi connectivity index (χ2v) is 6.47. The van der Waals surface area contributed by atoms with Gasteiger partial charge in [0.25, 0.3) is 5.69 Å². The molecule has 0 saturated heterocycles. The Balaban J connectivity index is 0.00000256. The summed E-state index contributed by atoms with van der Waals surface area (Å²) in [4.78, 5) is 23.2. The lowest BCUT2D eigenvalue weighted by atomic mass is 10.2. The molecule has 0 bridgehead atoms. The largest absolute Gasteiger partial charge is 0.486 e. The molecule has 152 valence electrons. The van der Waals surface area contributed by atoms with Crippen LogP contribution in [0.1, 0.15) is 5.69 Å². The van der Waals surface area contributed by atoms with Gasteiger partial charge in [0.05, 0.1) is 21.2 Å². The highest BCUT2D eigenvalue weighted by molar-refractivity contribution is 6.32. The molecule has 0 aliphatic carbocycles. The molecule has 0 radical (unpaired) electrons. The summed E-state index contributed by atoms with van der Waals surface area (Å²) in [5, 5.41) is 15.1. The summed E-state index contributed by atoms with van der Waals surface area (Å²) in [5.74, 6) is 0.961. The lowest BCUT2D eigenvalue weighted by molar-refractivity contribution is -0.384. The Bertz CT molecular complexity index is 1190. The van der Waals surface area contributed by atoms with Crippen molar-refractivity contribution in [3.8, 4) is 5.75 Å². The lowest BCUT2D eigenvalue weighted by Gasteiger charge is -2.11. The van der Waals surface area contributed by atoms with Crippen molar-refractivity contribution in [1.29, 1.82) is 0 Å². The van der Waals surface area contributed by atoms with Gasteiger partial charge in [0, 0.05) is 29.4 Å². The second-order valence-electron chi connectivity index (χ2n) is 6.06. The van der Waals surface area contributed by atoms with Crippen LogP contribution in [0.25, 0.3) is 10.9 Å². The summed E-state index contributed by atoms with van der Waals surface area (Å²) in [6, 6.07) is 15.2. The number of hydrogen-bond donors (Lipinski definition) is 1. The van der Waals surface area contributed by atoms with Gasteiger partial charge >= 0.3 is 0 Å². The predicted octanol–water partition coefficient (Wildman–Crippen LogP) is 5.33. The van der Waals surface area contributed by atoms with E-state index in [4.69, 9.17) is 16.3 Å². The Kier molecular flexibility index (Phi) is 6.61. The van der Waals surface area contributed by atoms with Gasteiger partial charge in [-0.3, -0.25) is 15.1 Å². The minimum Gasteiger partial charge on any atom is -0.486 e. The molecule has 2 aromatic carbocycles. The average molecular weight is 444 g/mol. The zero-order valence-electron chi connectivity index (χ0n) is 15.4. The second kappa shape index (κ2) is 9.34. The normalized spacial score (nSPS) is 10.3. The van der Waals surface area contributed by atoms with Crippen LogP contribution in [0.3, 0.4) is 0 Å². The number of benzene rings is 2. The van der Waals surface area contributed by atoms with Gasteiger partial charge in [-0.15, -0.1) is 12.4 Å². The first-order valence-corrected chi connectivity index (χ1v) is 8.96. The number of pyridine rings is 1. The first kappa shape index (κ1) is 21.2. The highest BCUT2D eigenvalue weighted by Gasteiger charge is 2.12. The molecule has 10 heteroatoms. The van der Waals surface area contributed by atoms with Crippen LogP contribution in [0.5, 0.6) is 5.75 Å². The lowest BCUT2D eigenvalue weighted by Crippen LogP contribution is -1.99. The molecule has 2 aromatic heterocycles. The molecular weight excluding hydrogens is 429 g/mol. The molecule has 0 aliphatic rings. The molecule has 30 heavy (non-hydrogen) atoms. The minimum atomic E-state index is -0.458. The van der Waals surface area contributed by atoms with Gasteiger partial charge in [-0.05, 0) is 36.4 Å². The standard InChI is InChI=1S/C20H14ClN5O3.ClH/c21-17-9-13(4-7-19(17)29-11-14-3-1-2-8-22-14)25-20-16-10-15(26(27)28)5-6-18(16)23-12-24-20;/h1-10,12H,11H2,(H,23,24,25);1H. The molecule has 8 nitrogen and oxygen atoms in total. The molecule has 0 spiro atoms. The first-order valence-electron chi connectivity index (χ1n) is 8.58. The summed E-state index contributed by atoms with van der Waals surface area (Å²) in [6.07, 6.45) is 3.09. The van der Waals surface area contributed by atoms with Crippen LogP contribution >= 0.6 is 24.0 Å². The quantitative estimate of drug-likeness (QED) is 0.317. The minimum absolute atomic E-state index is 0. The summed E-state index contributed by atoms with van der Waals surface area (Å²) >= 11 is 6.34. The Labute approximate surface area is 182 Å². The maximum Gasteiger partial charge on any atom is 0.270 e. The van der Waals surface area contributed by atoms with Crippen LogP contribution < -0.4 is 10.1 Å². The van der Waals surface area contributed by atoms with E-state index >= 15 is 0 Å². The number of anilines is 2. The molecule has 0 fully saturated rings. The fraction of sp³-hybridized carbons (Fsp3) is 0.0500. The van der Waals surface area contributed by atoms with E-state index in [0.29, 0.717) is 39.8 Å². The van der Waals surface area contributed by atoms with Crippen LogP contribution in [0.2, 0.25) is 5.02 Å². The fourth-order valence-electron chi connectivity index (χ4n) is 2.73. The van der Waals surface area contributed by atoms with Gasteiger partial charge in [0.15, 0.2) is 0 Å². The van der Waals surface area contributed by atoms with Crippen molar-refractivity contribution in [2.75, 3.05) is 5.32 Å². The average Bonchev–Trinajstić information content (AvgIpc) is 2.74. The van der Waals surface area contributed by atoms with E-state index in [1.165, 1.54) is 18.5 Å². The maximum atomic E-state index is 11.1. The first-order chi connectivity index (χ1) is 14.1. The van der Waals surface area contributed by atoms with E-state index in [9.17, 15) is 10.1 Å². The number of fused-ring (bicyclic) bond motifs is 1. The van der Waals surface area contributed by atoms with Crippen LogP contribution in [0.4, 0.5) is 17.2 Å². The summed E-state index contributed by atoms with van der Waals surface area (Å²) < 4.78 is 5.72. The Hall–Kier alpha value is -3.49. The molecule has 0 aliphatic heterocycles. The Morgan fingerprint density at radius 2 is 1.93 bits per heavy atom. The van der Waals surface area contributed by atoms with Crippen LogP contribution in [-0.4, -0.2) is 19.9 Å². The fourth-order valence-corrected chi connectivity index (χ4v) is 2.96. The predicted molar refractivity (Wildman–Crippen MR) is 117 cm³/mol. The van der Waals surface area contributed by atoms with Crippen molar-refractivity contribution in [3.63, 3.8) is 0 Å². The van der Waals surface area contributed by atoms with Crippen molar-refractivity contribution in [3.05, 3.63) is 88.0 Å². The zero-order chi connectivity index (χ0) is 20.2.